The van der Waals surface area contributed by atoms with Crippen molar-refractivity contribution in [3.63, 3.8) is 0 Å². The molecule has 0 amide bonds. The van der Waals surface area contributed by atoms with E-state index < -0.39 is 6.43 Å². The molecule has 0 aliphatic carbocycles. The zero-order valence-electron chi connectivity index (χ0n) is 6.60. The summed E-state index contributed by atoms with van der Waals surface area (Å²) in [5.41, 5.74) is 11.2. The smallest absolute Gasteiger partial charge is 0.281 e. The molecule has 72 valence electrons. The van der Waals surface area contributed by atoms with Gasteiger partial charge < -0.3 is 11.5 Å². The molecule has 1 aromatic rings. The van der Waals surface area contributed by atoms with Gasteiger partial charge in [-0.3, -0.25) is 0 Å². The predicted molar refractivity (Wildman–Crippen MR) is 54.2 cm³/mol. The zero-order chi connectivity index (χ0) is 10.0. The second-order valence-corrected chi connectivity index (χ2v) is 3.56. The van der Waals surface area contributed by atoms with Gasteiger partial charge in [0.25, 0.3) is 6.43 Å². The molecule has 0 bridgehead atoms. The fraction of sp³-hybridized carbons (Fsp3) is 0.286. The van der Waals surface area contributed by atoms with Gasteiger partial charge in [-0.2, -0.15) is 0 Å². The van der Waals surface area contributed by atoms with Crippen LogP contribution in [0.4, 0.5) is 14.5 Å². The SMILES string of the molecule is NCc1nc(C(F)F)c(I)cc1N. The monoisotopic (exact) mass is 299 g/mol. The van der Waals surface area contributed by atoms with E-state index in [4.69, 9.17) is 11.5 Å². The Morgan fingerprint density at radius 2 is 2.15 bits per heavy atom. The van der Waals surface area contributed by atoms with E-state index in [-0.39, 0.29) is 12.2 Å². The third-order valence-corrected chi connectivity index (χ3v) is 2.38. The van der Waals surface area contributed by atoms with Crippen LogP contribution < -0.4 is 11.5 Å². The van der Waals surface area contributed by atoms with Gasteiger partial charge >= 0.3 is 0 Å². The number of nitrogens with zero attached hydrogens (tertiary/aromatic N) is 1. The molecule has 6 heteroatoms. The van der Waals surface area contributed by atoms with Crippen molar-refractivity contribution in [2.45, 2.75) is 13.0 Å². The normalized spacial score (nSPS) is 10.8. The molecule has 0 aromatic carbocycles. The highest BCUT2D eigenvalue weighted by atomic mass is 127. The van der Waals surface area contributed by atoms with Crippen molar-refractivity contribution in [1.82, 2.24) is 4.98 Å². The quantitative estimate of drug-likeness (QED) is 0.816. The highest BCUT2D eigenvalue weighted by Crippen LogP contribution is 2.25. The Morgan fingerprint density at radius 3 is 2.62 bits per heavy atom. The summed E-state index contributed by atoms with van der Waals surface area (Å²) in [5.74, 6) is 0. The van der Waals surface area contributed by atoms with E-state index in [1.165, 1.54) is 6.07 Å². The van der Waals surface area contributed by atoms with Gasteiger partial charge in [0.1, 0.15) is 5.69 Å². The van der Waals surface area contributed by atoms with Gasteiger partial charge in [-0.25, -0.2) is 13.8 Å². The molecule has 0 aliphatic rings. The molecule has 1 rings (SSSR count). The summed E-state index contributed by atoms with van der Waals surface area (Å²) < 4.78 is 25.0. The number of nitrogens with two attached hydrogens (primary N) is 2. The van der Waals surface area contributed by atoms with Gasteiger partial charge in [-0.05, 0) is 28.7 Å². The largest absolute Gasteiger partial charge is 0.397 e. The maximum Gasteiger partial charge on any atom is 0.281 e. The molecule has 13 heavy (non-hydrogen) atoms. The Bertz CT molecular complexity index is 317. The second-order valence-electron chi connectivity index (χ2n) is 2.40. The minimum atomic E-state index is -2.59. The van der Waals surface area contributed by atoms with E-state index in [1.54, 1.807) is 22.6 Å². The van der Waals surface area contributed by atoms with Gasteiger partial charge in [-0.15, -0.1) is 0 Å². The molecule has 4 N–H and O–H groups in total. The van der Waals surface area contributed by atoms with E-state index in [2.05, 4.69) is 4.98 Å². The molecule has 0 spiro atoms. The lowest BCUT2D eigenvalue weighted by Crippen LogP contribution is -2.08. The van der Waals surface area contributed by atoms with Crippen molar-refractivity contribution >= 4 is 28.3 Å². The lowest BCUT2D eigenvalue weighted by molar-refractivity contribution is 0.145. The van der Waals surface area contributed by atoms with Gasteiger partial charge in [0.05, 0.1) is 11.4 Å². The van der Waals surface area contributed by atoms with Gasteiger partial charge in [-0.1, -0.05) is 0 Å². The van der Waals surface area contributed by atoms with Crippen LogP contribution in [-0.2, 0) is 6.54 Å². The van der Waals surface area contributed by atoms with Gasteiger partial charge in [0, 0.05) is 10.1 Å². The summed E-state index contributed by atoms with van der Waals surface area (Å²) in [6, 6.07) is 1.46. The van der Waals surface area contributed by atoms with Crippen LogP contribution in [0.2, 0.25) is 0 Å². The predicted octanol–water partition coefficient (Wildman–Crippen LogP) is 1.66. The van der Waals surface area contributed by atoms with Crippen molar-refractivity contribution in [2.75, 3.05) is 5.73 Å². The Labute approximate surface area is 87.7 Å². The summed E-state index contributed by atoms with van der Waals surface area (Å²) >= 11 is 1.77. The average molecular weight is 299 g/mol. The first-order valence-corrected chi connectivity index (χ1v) is 4.57. The summed E-state index contributed by atoms with van der Waals surface area (Å²) in [6.45, 7) is 0.0719. The minimum absolute atomic E-state index is 0.0719. The molecular formula is C7H8F2IN3. The number of nitrogen functional groups attached to an aromatic ring is 1. The number of hydrogen-bond donors (Lipinski definition) is 2. The molecule has 0 saturated heterocycles. The summed E-state index contributed by atoms with van der Waals surface area (Å²) in [6.07, 6.45) is -2.59. The Balaban J connectivity index is 3.22. The van der Waals surface area contributed by atoms with Crippen molar-refractivity contribution in [3.8, 4) is 0 Å². The first-order valence-electron chi connectivity index (χ1n) is 3.49. The van der Waals surface area contributed by atoms with Gasteiger partial charge in [0.2, 0.25) is 0 Å². The van der Waals surface area contributed by atoms with Crippen LogP contribution >= 0.6 is 22.6 Å². The summed E-state index contributed by atoms with van der Waals surface area (Å²) in [4.78, 5) is 3.68. The fourth-order valence-electron chi connectivity index (χ4n) is 0.874. The highest BCUT2D eigenvalue weighted by molar-refractivity contribution is 14.1. The lowest BCUT2D eigenvalue weighted by Gasteiger charge is -2.07. The van der Waals surface area contributed by atoms with Crippen LogP contribution in [0.5, 0.6) is 0 Å². The van der Waals surface area contributed by atoms with E-state index in [0.29, 0.717) is 15.0 Å². The maximum absolute atomic E-state index is 12.3. The van der Waals surface area contributed by atoms with Crippen LogP contribution in [0.25, 0.3) is 0 Å². The van der Waals surface area contributed by atoms with Crippen LogP contribution in [0.15, 0.2) is 6.07 Å². The van der Waals surface area contributed by atoms with Crippen LogP contribution in [0.1, 0.15) is 17.8 Å². The van der Waals surface area contributed by atoms with Crippen molar-refractivity contribution in [3.05, 3.63) is 21.0 Å². The average Bonchev–Trinajstić information content (AvgIpc) is 2.03. The number of halogens is 3. The number of alkyl halides is 2. The van der Waals surface area contributed by atoms with E-state index >= 15 is 0 Å². The standard InChI is InChI=1S/C7H8F2IN3/c8-7(9)6-3(10)1-4(12)5(2-11)13-6/h1,7H,2,11-12H2. The number of aromatic nitrogens is 1. The molecule has 0 aliphatic heterocycles. The zero-order valence-corrected chi connectivity index (χ0v) is 8.76. The topological polar surface area (TPSA) is 64.9 Å². The Hall–Kier alpha value is -0.500. The molecule has 0 fully saturated rings. The van der Waals surface area contributed by atoms with Crippen LogP contribution in [0.3, 0.4) is 0 Å². The summed E-state index contributed by atoms with van der Waals surface area (Å²) in [7, 11) is 0. The second kappa shape index (κ2) is 4.14. The number of hydrogen-bond acceptors (Lipinski definition) is 3. The molecule has 0 atom stereocenters. The molecule has 1 heterocycles. The number of anilines is 1. The van der Waals surface area contributed by atoms with Crippen molar-refractivity contribution in [2.24, 2.45) is 5.73 Å². The first kappa shape index (κ1) is 10.6. The molecule has 0 unspecified atom stereocenters. The maximum atomic E-state index is 12.3. The first-order chi connectivity index (χ1) is 6.06. The Morgan fingerprint density at radius 1 is 1.54 bits per heavy atom. The molecule has 3 nitrogen and oxygen atoms in total. The van der Waals surface area contributed by atoms with Crippen molar-refractivity contribution < 1.29 is 8.78 Å². The molecule has 0 radical (unpaired) electrons. The third kappa shape index (κ3) is 2.25. The van der Waals surface area contributed by atoms with E-state index in [1.807, 2.05) is 0 Å². The third-order valence-electron chi connectivity index (χ3n) is 1.52. The van der Waals surface area contributed by atoms with E-state index in [0.717, 1.165) is 0 Å². The lowest BCUT2D eigenvalue weighted by atomic mass is 10.2. The van der Waals surface area contributed by atoms with E-state index in [9.17, 15) is 8.78 Å². The van der Waals surface area contributed by atoms with Crippen molar-refractivity contribution in [1.29, 1.82) is 0 Å². The van der Waals surface area contributed by atoms with Crippen LogP contribution in [0, 0.1) is 3.57 Å². The number of pyridine rings is 1. The molecular weight excluding hydrogens is 291 g/mol. The fourth-order valence-corrected chi connectivity index (χ4v) is 1.57. The van der Waals surface area contributed by atoms with Crippen LogP contribution in [-0.4, -0.2) is 4.98 Å². The Kier molecular flexibility index (Phi) is 3.37. The molecule has 1 aromatic heterocycles. The number of rotatable bonds is 2. The van der Waals surface area contributed by atoms with Gasteiger partial charge in [0.15, 0.2) is 0 Å². The minimum Gasteiger partial charge on any atom is -0.397 e. The molecule has 0 saturated carbocycles. The highest BCUT2D eigenvalue weighted by Gasteiger charge is 2.15. The summed E-state index contributed by atoms with van der Waals surface area (Å²) in [5, 5.41) is 0.